The van der Waals surface area contributed by atoms with E-state index in [1.165, 1.54) is 20.8 Å². The molecule has 0 bridgehead atoms. The summed E-state index contributed by atoms with van der Waals surface area (Å²) in [4.78, 5) is 128. The van der Waals surface area contributed by atoms with Gasteiger partial charge in [-0.3, -0.25) is 43.2 Å². The second-order valence-electron chi connectivity index (χ2n) is 10.5. The smallest absolute Gasteiger partial charge is 0.341 e. The van der Waals surface area contributed by atoms with E-state index < -0.39 is 78.4 Å². The average Bonchev–Trinajstić information content (AvgIpc) is 2.97. The van der Waals surface area contributed by atoms with Crippen LogP contribution in [-0.4, -0.2) is 106 Å². The van der Waals surface area contributed by atoms with Crippen LogP contribution < -0.4 is 0 Å². The van der Waals surface area contributed by atoms with Crippen molar-refractivity contribution in [2.45, 2.75) is 74.1 Å². The first-order chi connectivity index (χ1) is 23.2. The Labute approximate surface area is 293 Å². The highest BCUT2D eigenvalue weighted by Crippen LogP contribution is 2.25. The summed E-state index contributed by atoms with van der Waals surface area (Å²) in [6, 6.07) is 0. The van der Waals surface area contributed by atoms with Crippen molar-refractivity contribution >= 4 is 70.5 Å². The Hall–Kier alpha value is -5.94. The van der Waals surface area contributed by atoms with Crippen molar-refractivity contribution in [3.8, 4) is 0 Å². The third kappa shape index (κ3) is 29.9. The van der Waals surface area contributed by atoms with Crippen LogP contribution in [0.5, 0.6) is 0 Å². The van der Waals surface area contributed by atoms with Crippen molar-refractivity contribution < 1.29 is 87.1 Å². The van der Waals surface area contributed by atoms with Crippen molar-refractivity contribution in [2.75, 3.05) is 19.8 Å². The molecule has 51 heavy (non-hydrogen) atoms. The molecule has 0 aromatic heterocycles. The maximum absolute atomic E-state index is 11.9. The third-order valence-electron chi connectivity index (χ3n) is 5.49. The van der Waals surface area contributed by atoms with E-state index in [1.807, 2.05) is 0 Å². The zero-order valence-electron chi connectivity index (χ0n) is 29.5. The lowest BCUT2D eigenvalue weighted by Crippen LogP contribution is -2.40. The van der Waals surface area contributed by atoms with Gasteiger partial charge in [-0.05, 0) is 48.0 Å². The number of esters is 3. The number of carbonyl (C=O) groups excluding carboxylic acids is 9. The number of hydrogen-bond acceptors (Lipinski definition) is 15. The van der Waals surface area contributed by atoms with Crippen LogP contribution in [0.2, 0.25) is 0 Å². The van der Waals surface area contributed by atoms with Gasteiger partial charge in [-0.2, -0.15) is 0 Å². The van der Waals surface area contributed by atoms with E-state index in [9.17, 15) is 57.5 Å². The molecule has 284 valence electrons. The molecule has 0 spiro atoms. The van der Waals surface area contributed by atoms with Gasteiger partial charge in [0.15, 0.2) is 17.3 Å². The van der Waals surface area contributed by atoms with Gasteiger partial charge >= 0.3 is 35.8 Å². The minimum absolute atomic E-state index is 0.187. The van der Waals surface area contributed by atoms with Gasteiger partial charge in [-0.25, -0.2) is 14.4 Å². The lowest BCUT2D eigenvalue weighted by atomic mass is 9.88. The summed E-state index contributed by atoms with van der Waals surface area (Å²) < 4.78 is 15.2. The zero-order valence-corrected chi connectivity index (χ0v) is 29.5. The van der Waals surface area contributed by atoms with E-state index in [-0.39, 0.29) is 59.8 Å². The molecule has 0 aromatic carbocycles. The molecule has 18 nitrogen and oxygen atoms in total. The van der Waals surface area contributed by atoms with Crippen molar-refractivity contribution in [2.24, 2.45) is 5.41 Å². The lowest BCUT2D eigenvalue weighted by Gasteiger charge is -2.31. The summed E-state index contributed by atoms with van der Waals surface area (Å²) >= 11 is 0. The van der Waals surface area contributed by atoms with E-state index in [4.69, 9.17) is 29.5 Å². The van der Waals surface area contributed by atoms with E-state index >= 15 is 0 Å². The fourth-order valence-corrected chi connectivity index (χ4v) is 2.42. The molecule has 0 saturated carbocycles. The molecule has 18 heteroatoms. The monoisotopic (exact) mass is 728 g/mol. The highest BCUT2D eigenvalue weighted by Gasteiger charge is 2.35. The first kappa shape index (κ1) is 51.9. The molecule has 0 atom stereocenters. The van der Waals surface area contributed by atoms with Crippen molar-refractivity contribution in [3.05, 3.63) is 36.5 Å². The first-order valence-corrected chi connectivity index (χ1v) is 14.4. The number of carbonyl (C=O) groups is 12. The molecule has 0 radical (unpaired) electrons. The van der Waals surface area contributed by atoms with Crippen LogP contribution in [0.15, 0.2) is 36.5 Å². The fraction of sp³-hybridized carbons (Fsp3) is 0.455. The summed E-state index contributed by atoms with van der Waals surface area (Å²) in [5, 5.41) is 23.6. The van der Waals surface area contributed by atoms with Gasteiger partial charge < -0.3 is 29.5 Å². The fourth-order valence-electron chi connectivity index (χ4n) is 2.42. The Balaban J connectivity index is -0.000000421. The van der Waals surface area contributed by atoms with Crippen LogP contribution in [-0.2, 0) is 71.7 Å². The highest BCUT2D eigenvalue weighted by molar-refractivity contribution is 6.16. The third-order valence-corrected chi connectivity index (χ3v) is 5.49. The minimum atomic E-state index is -1.23. The quantitative estimate of drug-likeness (QED) is 0.0559. The number of carboxylic acid groups (broad SMARTS) is 3. The van der Waals surface area contributed by atoms with E-state index in [0.29, 0.717) is 0 Å². The van der Waals surface area contributed by atoms with Crippen LogP contribution in [0.25, 0.3) is 0 Å². The van der Waals surface area contributed by atoms with Crippen LogP contribution >= 0.6 is 0 Å². The summed E-state index contributed by atoms with van der Waals surface area (Å²) in [5.74, 6) is -8.85. The normalized spacial score (nSPS) is 9.47. The number of ketones is 6. The molecule has 0 rings (SSSR count). The Morgan fingerprint density at radius 1 is 0.451 bits per heavy atom. The van der Waals surface area contributed by atoms with Crippen molar-refractivity contribution in [1.82, 2.24) is 0 Å². The largest absolute Gasteiger partial charge is 0.481 e. The van der Waals surface area contributed by atoms with Gasteiger partial charge in [0, 0.05) is 0 Å². The van der Waals surface area contributed by atoms with E-state index in [0.717, 1.165) is 20.8 Å². The first-order valence-electron chi connectivity index (χ1n) is 14.4. The zero-order chi connectivity index (χ0) is 41.2. The molecule has 3 N–H and O–H groups in total. The topological polar surface area (TPSA) is 293 Å². The average molecular weight is 729 g/mol. The second kappa shape index (κ2) is 26.9. The number of Topliss-reactive ketones (excluding diaryl/α,β-unsaturated/α-hetero) is 6. The Morgan fingerprint density at radius 3 is 0.745 bits per heavy atom. The molecule has 0 unspecified atom stereocenters. The molecule has 0 heterocycles. The molecule has 0 aromatic rings. The second-order valence-corrected chi connectivity index (χ2v) is 10.5. The van der Waals surface area contributed by atoms with Crippen molar-refractivity contribution in [1.29, 1.82) is 0 Å². The molecule has 0 aliphatic carbocycles. The molecule has 0 saturated heterocycles. The number of carboxylic acids is 3. The SMILES string of the molecule is C=C(C(C)=O)C(=O)OCC(CC)(COC(=O)C(=C)C(C)=O)COC(=O)C(=C)C(C)=O.CC(=O)CC(=O)O.CC(=O)CC(=O)O.CC(=O)CC(=O)O. The predicted octanol–water partition coefficient (Wildman–Crippen LogP) is 1.60. The summed E-state index contributed by atoms with van der Waals surface area (Å²) in [7, 11) is 0. The lowest BCUT2D eigenvalue weighted by molar-refractivity contribution is -0.158. The number of aliphatic carboxylic acids is 3. The standard InChI is InChI=1S/C21H26O9.3C4H6O3/c1-8-21(9-28-18(25)12(2)15(5)22,10-29-19(26)13(3)16(6)23)11-30-20(27)14(4)17(7)24;3*1-3(5)2-4(6)7/h2-4,8-11H2,1,5-7H3;3*2H2,1H3,(H,6,7). The molecule has 0 amide bonds. The maximum Gasteiger partial charge on any atom is 0.341 e. The molecular formula is C33H44O18. The van der Waals surface area contributed by atoms with Gasteiger partial charge in [0.1, 0.15) is 56.4 Å². The number of rotatable bonds is 19. The van der Waals surface area contributed by atoms with E-state index in [2.05, 4.69) is 19.7 Å². The van der Waals surface area contributed by atoms with E-state index in [1.54, 1.807) is 6.92 Å². The molecular weight excluding hydrogens is 684 g/mol. The van der Waals surface area contributed by atoms with Crippen LogP contribution in [0.4, 0.5) is 0 Å². The van der Waals surface area contributed by atoms with Gasteiger partial charge in [0.25, 0.3) is 0 Å². The highest BCUT2D eigenvalue weighted by atomic mass is 16.6. The Kier molecular flexibility index (Phi) is 27.4. The Bertz CT molecular complexity index is 1210. The number of hydrogen-bond donors (Lipinski definition) is 3. The molecule has 0 aliphatic rings. The van der Waals surface area contributed by atoms with Crippen LogP contribution in [0.1, 0.15) is 74.1 Å². The van der Waals surface area contributed by atoms with Crippen molar-refractivity contribution in [3.63, 3.8) is 0 Å². The van der Waals surface area contributed by atoms with Gasteiger partial charge in [0.05, 0.1) is 22.1 Å². The predicted molar refractivity (Wildman–Crippen MR) is 174 cm³/mol. The summed E-state index contributed by atoms with van der Waals surface area (Å²) in [6.45, 7) is 17.5. The molecule has 0 fully saturated rings. The van der Waals surface area contributed by atoms with Gasteiger partial charge in [-0.15, -0.1) is 0 Å². The summed E-state index contributed by atoms with van der Waals surface area (Å²) in [5.41, 5.74) is -2.39. The van der Waals surface area contributed by atoms with Crippen LogP contribution in [0.3, 0.4) is 0 Å². The van der Waals surface area contributed by atoms with Gasteiger partial charge in [0.2, 0.25) is 0 Å². The Morgan fingerprint density at radius 2 is 0.647 bits per heavy atom. The maximum atomic E-state index is 11.9. The van der Waals surface area contributed by atoms with Gasteiger partial charge in [-0.1, -0.05) is 26.7 Å². The number of ether oxygens (including phenoxy) is 3. The minimum Gasteiger partial charge on any atom is -0.481 e. The molecule has 0 aliphatic heterocycles. The summed E-state index contributed by atoms with van der Waals surface area (Å²) in [6.07, 6.45) is -0.896. The van der Waals surface area contributed by atoms with Crippen LogP contribution in [0, 0.1) is 5.41 Å².